The van der Waals surface area contributed by atoms with Crippen molar-refractivity contribution in [1.29, 1.82) is 0 Å². The summed E-state index contributed by atoms with van der Waals surface area (Å²) < 4.78 is 2.44. The second-order valence-electron chi connectivity index (χ2n) is 11.0. The Bertz CT molecular complexity index is 413. The van der Waals surface area contributed by atoms with Crippen LogP contribution in [0.5, 0.6) is 0 Å². The maximum atomic E-state index is 2.53. The van der Waals surface area contributed by atoms with Crippen molar-refractivity contribution in [2.45, 2.75) is 65.2 Å². The lowest BCUT2D eigenvalue weighted by atomic mass is 9.75. The molecule has 0 aromatic rings. The van der Waals surface area contributed by atoms with E-state index in [-0.39, 0.29) is 0 Å². The van der Waals surface area contributed by atoms with Crippen LogP contribution in [0.15, 0.2) is 12.2 Å². The van der Waals surface area contributed by atoms with E-state index in [1.807, 2.05) is 0 Å². The molecule has 24 heavy (non-hydrogen) atoms. The number of nitrogens with zero attached hydrogens (tertiary/aromatic N) is 2. The Morgan fingerprint density at radius 3 is 1.67 bits per heavy atom. The van der Waals surface area contributed by atoms with E-state index in [2.05, 4.69) is 54.2 Å². The maximum absolute atomic E-state index is 2.53. The molecule has 2 heteroatoms. The van der Waals surface area contributed by atoms with Crippen LogP contribution < -0.4 is 0 Å². The molecule has 0 spiro atoms. The van der Waals surface area contributed by atoms with Gasteiger partial charge in [0.1, 0.15) is 0 Å². The van der Waals surface area contributed by atoms with Crippen LogP contribution in [0.4, 0.5) is 0 Å². The number of rotatable bonds is 6. The fourth-order valence-corrected chi connectivity index (χ4v) is 4.35. The summed E-state index contributed by atoms with van der Waals surface area (Å²) in [7, 11) is 9.52. The van der Waals surface area contributed by atoms with Crippen molar-refractivity contribution in [3.63, 3.8) is 0 Å². The number of likely N-dealkylation sites (tertiary alicyclic amines) is 2. The summed E-state index contributed by atoms with van der Waals surface area (Å²) in [5.74, 6) is 0. The Morgan fingerprint density at radius 2 is 1.17 bits per heavy atom. The van der Waals surface area contributed by atoms with Crippen LogP contribution in [0.2, 0.25) is 0 Å². The van der Waals surface area contributed by atoms with E-state index < -0.39 is 0 Å². The predicted octanol–water partition coefficient (Wildman–Crippen LogP) is 4.86. The first kappa shape index (κ1) is 20.0. The van der Waals surface area contributed by atoms with E-state index in [1.54, 1.807) is 0 Å². The summed E-state index contributed by atoms with van der Waals surface area (Å²) in [5, 5.41) is 0. The minimum atomic E-state index is 0.559. The standard InChI is InChI=1S/C22H44N2/c1-21(13-17-23(3,4)18-14-21)11-9-7-8-10-12-22(2)15-19-24(5,6)20-16-22/h7,9H,8,10-20H2,1-6H3/q+2/b9-7-. The van der Waals surface area contributed by atoms with Crippen LogP contribution in [0.1, 0.15) is 65.2 Å². The van der Waals surface area contributed by atoms with Gasteiger partial charge in [0.15, 0.2) is 0 Å². The molecular weight excluding hydrogens is 292 g/mol. The lowest BCUT2D eigenvalue weighted by molar-refractivity contribution is -0.897. The molecule has 0 N–H and O–H groups in total. The second-order valence-corrected chi connectivity index (χ2v) is 11.0. The van der Waals surface area contributed by atoms with Crippen LogP contribution in [-0.2, 0) is 0 Å². The van der Waals surface area contributed by atoms with E-state index in [1.165, 1.54) is 86.5 Å². The normalized spacial score (nSPS) is 28.1. The van der Waals surface area contributed by atoms with Gasteiger partial charge in [0, 0.05) is 25.7 Å². The topological polar surface area (TPSA) is 0 Å². The zero-order valence-corrected chi connectivity index (χ0v) is 17.5. The number of allylic oxidation sites excluding steroid dienone is 2. The molecule has 2 nitrogen and oxygen atoms in total. The van der Waals surface area contributed by atoms with Gasteiger partial charge in [-0.3, -0.25) is 0 Å². The molecule has 2 aliphatic heterocycles. The van der Waals surface area contributed by atoms with Crippen molar-refractivity contribution >= 4 is 0 Å². The van der Waals surface area contributed by atoms with Gasteiger partial charge in [0.25, 0.3) is 0 Å². The number of hydrogen-bond donors (Lipinski definition) is 0. The van der Waals surface area contributed by atoms with Crippen molar-refractivity contribution in [3.8, 4) is 0 Å². The fourth-order valence-electron chi connectivity index (χ4n) is 4.35. The second kappa shape index (κ2) is 7.50. The van der Waals surface area contributed by atoms with Crippen molar-refractivity contribution < 1.29 is 8.97 Å². The first-order valence-electron chi connectivity index (χ1n) is 10.3. The molecule has 0 amide bonds. The SMILES string of the molecule is CC1(C/C=C\CCCC2(C)CC[N+](C)(C)CC2)CC[N+](C)(C)CC1. The van der Waals surface area contributed by atoms with Crippen LogP contribution in [-0.4, -0.2) is 63.3 Å². The van der Waals surface area contributed by atoms with Gasteiger partial charge in [0.05, 0.1) is 54.4 Å². The number of unbranched alkanes of at least 4 members (excludes halogenated alkanes) is 1. The van der Waals surface area contributed by atoms with E-state index >= 15 is 0 Å². The summed E-state index contributed by atoms with van der Waals surface area (Å²) in [6.07, 6.45) is 15.9. The quantitative estimate of drug-likeness (QED) is 0.369. The van der Waals surface area contributed by atoms with Gasteiger partial charge >= 0.3 is 0 Å². The lowest BCUT2D eigenvalue weighted by Crippen LogP contribution is -2.48. The average molecular weight is 337 g/mol. The Labute approximate surface area is 152 Å². The van der Waals surface area contributed by atoms with E-state index in [9.17, 15) is 0 Å². The van der Waals surface area contributed by atoms with Crippen LogP contribution in [0, 0.1) is 10.8 Å². The first-order valence-corrected chi connectivity index (χ1v) is 10.3. The van der Waals surface area contributed by atoms with Gasteiger partial charge in [0.2, 0.25) is 0 Å². The van der Waals surface area contributed by atoms with Crippen molar-refractivity contribution in [2.75, 3.05) is 54.4 Å². The summed E-state index contributed by atoms with van der Waals surface area (Å²) in [6, 6.07) is 0. The van der Waals surface area contributed by atoms with Crippen molar-refractivity contribution in [1.82, 2.24) is 0 Å². The largest absolute Gasteiger partial charge is 0.328 e. The minimum absolute atomic E-state index is 0.559. The fraction of sp³-hybridized carbons (Fsp3) is 0.909. The molecule has 2 saturated heterocycles. The molecule has 2 aliphatic rings. The number of piperidine rings is 2. The zero-order chi connectivity index (χ0) is 17.9. The Balaban J connectivity index is 1.63. The van der Waals surface area contributed by atoms with Gasteiger partial charge < -0.3 is 8.97 Å². The van der Waals surface area contributed by atoms with Crippen LogP contribution in [0.25, 0.3) is 0 Å². The molecule has 0 aromatic carbocycles. The highest BCUT2D eigenvalue weighted by Gasteiger charge is 2.35. The Morgan fingerprint density at radius 1 is 0.708 bits per heavy atom. The summed E-state index contributed by atoms with van der Waals surface area (Å²) in [5.41, 5.74) is 1.17. The highest BCUT2D eigenvalue weighted by molar-refractivity contribution is 4.91. The third kappa shape index (κ3) is 6.19. The summed E-state index contributed by atoms with van der Waals surface area (Å²) in [4.78, 5) is 0. The molecule has 0 aromatic heterocycles. The van der Waals surface area contributed by atoms with Gasteiger partial charge in [-0.25, -0.2) is 0 Å². The smallest absolute Gasteiger partial charge is 0.0787 e. The monoisotopic (exact) mass is 336 g/mol. The molecular formula is C22H44N2+2. The molecule has 140 valence electrons. The molecule has 0 saturated carbocycles. The van der Waals surface area contributed by atoms with Crippen molar-refractivity contribution in [3.05, 3.63) is 12.2 Å². The van der Waals surface area contributed by atoms with Gasteiger partial charge in [-0.2, -0.15) is 0 Å². The Hall–Kier alpha value is -0.340. The first-order chi connectivity index (χ1) is 11.0. The molecule has 0 radical (unpaired) electrons. The molecule has 0 bridgehead atoms. The van der Waals surface area contributed by atoms with E-state index in [0.717, 1.165) is 0 Å². The van der Waals surface area contributed by atoms with Crippen LogP contribution >= 0.6 is 0 Å². The average Bonchev–Trinajstić information content (AvgIpc) is 2.50. The highest BCUT2D eigenvalue weighted by Crippen LogP contribution is 2.38. The highest BCUT2D eigenvalue weighted by atomic mass is 15.3. The zero-order valence-electron chi connectivity index (χ0n) is 17.5. The number of hydrogen-bond acceptors (Lipinski definition) is 0. The predicted molar refractivity (Wildman–Crippen MR) is 106 cm³/mol. The van der Waals surface area contributed by atoms with Crippen molar-refractivity contribution in [2.24, 2.45) is 10.8 Å². The van der Waals surface area contributed by atoms with Gasteiger partial charge in [-0.05, 0) is 36.5 Å². The van der Waals surface area contributed by atoms with E-state index in [4.69, 9.17) is 0 Å². The molecule has 2 rings (SSSR count). The number of quaternary nitrogens is 2. The van der Waals surface area contributed by atoms with Gasteiger partial charge in [-0.15, -0.1) is 0 Å². The molecule has 2 fully saturated rings. The Kier molecular flexibility index (Phi) is 6.24. The minimum Gasteiger partial charge on any atom is -0.328 e. The van der Waals surface area contributed by atoms with Crippen LogP contribution in [0.3, 0.4) is 0 Å². The molecule has 0 unspecified atom stereocenters. The molecule has 2 heterocycles. The third-order valence-electron chi connectivity index (χ3n) is 7.21. The molecule has 0 atom stereocenters. The molecule has 0 aliphatic carbocycles. The van der Waals surface area contributed by atoms with Gasteiger partial charge in [-0.1, -0.05) is 26.0 Å². The van der Waals surface area contributed by atoms with E-state index in [0.29, 0.717) is 10.8 Å². The lowest BCUT2D eigenvalue weighted by Gasteiger charge is -2.43. The third-order valence-corrected chi connectivity index (χ3v) is 7.21. The summed E-state index contributed by atoms with van der Waals surface area (Å²) >= 11 is 0. The summed E-state index contributed by atoms with van der Waals surface area (Å²) in [6.45, 7) is 10.4. The maximum Gasteiger partial charge on any atom is 0.0787 e.